The van der Waals surface area contributed by atoms with Crippen LogP contribution in [0, 0.1) is 18.6 Å². The van der Waals surface area contributed by atoms with Crippen molar-refractivity contribution in [2.45, 2.75) is 58.2 Å². The Labute approximate surface area is 263 Å². The van der Waals surface area contributed by atoms with E-state index in [-0.39, 0.29) is 36.0 Å². The fourth-order valence-electron chi connectivity index (χ4n) is 5.98. The number of piperazine rings is 1. The molecule has 4 rings (SSSR count). The predicted octanol–water partition coefficient (Wildman–Crippen LogP) is 2.96. The second-order valence-corrected chi connectivity index (χ2v) is 11.8. The number of halogens is 2. The highest BCUT2D eigenvalue weighted by molar-refractivity contribution is 6.00. The quantitative estimate of drug-likeness (QED) is 0.352. The predicted molar refractivity (Wildman–Crippen MR) is 166 cm³/mol. The van der Waals surface area contributed by atoms with Gasteiger partial charge in [-0.1, -0.05) is 13.8 Å². The Bertz CT molecular complexity index is 1310. The minimum absolute atomic E-state index is 0.0739. The third-order valence-corrected chi connectivity index (χ3v) is 8.14. The van der Waals surface area contributed by atoms with E-state index >= 15 is 0 Å². The summed E-state index contributed by atoms with van der Waals surface area (Å²) in [5.74, 6) is -2.25. The van der Waals surface area contributed by atoms with Crippen LogP contribution in [-0.2, 0) is 11.2 Å². The van der Waals surface area contributed by atoms with Crippen molar-refractivity contribution in [1.29, 1.82) is 0 Å². The van der Waals surface area contributed by atoms with Gasteiger partial charge < -0.3 is 35.2 Å². The van der Waals surface area contributed by atoms with E-state index in [1.807, 2.05) is 13.8 Å². The number of hydrogen-bond acceptors (Lipinski definition) is 6. The summed E-state index contributed by atoms with van der Waals surface area (Å²) in [6, 6.07) is 6.27. The lowest BCUT2D eigenvalue weighted by molar-refractivity contribution is 0.0289. The Hall–Kier alpha value is -3.61. The second-order valence-electron chi connectivity index (χ2n) is 11.8. The molecule has 246 valence electrons. The number of ether oxygens (including phenoxy) is 1. The molecule has 2 aromatic rings. The smallest absolute Gasteiger partial charge is 0.320 e. The SMILES string of the molecule is CCCN(CCC)C(=O)c1cc(C)cc(C(=O)N[C@@H](Cc2cc(F)cc(F)c2)[C@H](O)C2CN(C(=O)N3CCOCC3)CCN2)c1. The molecule has 2 aliphatic heterocycles. The van der Waals surface area contributed by atoms with Gasteiger partial charge in [0, 0.05) is 63.0 Å². The van der Waals surface area contributed by atoms with Gasteiger partial charge in [-0.25, -0.2) is 13.6 Å². The number of rotatable bonds is 11. The van der Waals surface area contributed by atoms with Gasteiger partial charge in [0.2, 0.25) is 0 Å². The van der Waals surface area contributed by atoms with Crippen LogP contribution < -0.4 is 10.6 Å². The molecule has 2 heterocycles. The number of carbonyl (C=O) groups is 3. The van der Waals surface area contributed by atoms with Gasteiger partial charge in [-0.2, -0.15) is 0 Å². The number of aryl methyl sites for hydroxylation is 1. The maximum Gasteiger partial charge on any atom is 0.320 e. The monoisotopic (exact) mass is 629 g/mol. The van der Waals surface area contributed by atoms with Gasteiger partial charge in [-0.15, -0.1) is 0 Å². The van der Waals surface area contributed by atoms with E-state index in [4.69, 9.17) is 4.74 Å². The molecule has 0 saturated carbocycles. The first-order chi connectivity index (χ1) is 21.6. The Kier molecular flexibility index (Phi) is 12.3. The highest BCUT2D eigenvalue weighted by Crippen LogP contribution is 2.18. The van der Waals surface area contributed by atoms with Crippen molar-refractivity contribution in [1.82, 2.24) is 25.3 Å². The highest BCUT2D eigenvalue weighted by atomic mass is 19.1. The lowest BCUT2D eigenvalue weighted by atomic mass is 9.94. The van der Waals surface area contributed by atoms with Crippen LogP contribution in [0.4, 0.5) is 13.6 Å². The van der Waals surface area contributed by atoms with E-state index < -0.39 is 35.7 Å². The minimum atomic E-state index is -1.23. The maximum absolute atomic E-state index is 14.1. The summed E-state index contributed by atoms with van der Waals surface area (Å²) in [5, 5.41) is 17.7. The zero-order chi connectivity index (χ0) is 32.5. The van der Waals surface area contributed by atoms with E-state index in [1.54, 1.807) is 33.8 Å². The Morgan fingerprint density at radius 1 is 0.978 bits per heavy atom. The molecular formula is C33H45F2N5O5. The molecule has 1 unspecified atom stereocenters. The summed E-state index contributed by atoms with van der Waals surface area (Å²) >= 11 is 0. The summed E-state index contributed by atoms with van der Waals surface area (Å²) in [4.78, 5) is 45.3. The zero-order valence-corrected chi connectivity index (χ0v) is 26.4. The number of aliphatic hydroxyl groups excluding tert-OH is 1. The second kappa shape index (κ2) is 16.1. The van der Waals surface area contributed by atoms with E-state index in [0.717, 1.165) is 36.6 Å². The number of urea groups is 1. The minimum Gasteiger partial charge on any atom is -0.389 e. The number of morpholine rings is 1. The standard InChI is InChI=1S/C33H45F2N5O5/c1-4-7-38(8-5-2)32(43)25-15-22(3)14-24(19-25)31(42)37-28(18-23-16-26(34)20-27(35)17-23)30(41)29-21-40(9-6-36-29)33(44)39-10-12-45-13-11-39/h14-17,19-20,28-30,36,41H,4-13,18,21H2,1-3H3,(H,37,42)/t28-,29?,30-/m0/s1. The fraction of sp³-hybridized carbons (Fsp3) is 0.545. The summed E-state index contributed by atoms with van der Waals surface area (Å²) in [7, 11) is 0. The van der Waals surface area contributed by atoms with Crippen LogP contribution in [0.15, 0.2) is 36.4 Å². The number of nitrogens with one attached hydrogen (secondary N) is 2. The first-order valence-electron chi connectivity index (χ1n) is 15.8. The molecule has 3 atom stereocenters. The molecule has 3 N–H and O–H groups in total. The molecule has 2 saturated heterocycles. The normalized spacial score (nSPS) is 18.3. The molecule has 0 aliphatic carbocycles. The third kappa shape index (κ3) is 9.21. The molecule has 10 nitrogen and oxygen atoms in total. The number of amides is 4. The van der Waals surface area contributed by atoms with Crippen LogP contribution in [0.1, 0.15) is 58.5 Å². The summed E-state index contributed by atoms with van der Waals surface area (Å²) < 4.78 is 33.6. The van der Waals surface area contributed by atoms with Crippen molar-refractivity contribution in [3.8, 4) is 0 Å². The average Bonchev–Trinajstić information content (AvgIpc) is 3.03. The zero-order valence-electron chi connectivity index (χ0n) is 26.4. The van der Waals surface area contributed by atoms with Crippen LogP contribution in [-0.4, -0.2) is 115 Å². The van der Waals surface area contributed by atoms with Crippen LogP contribution in [0.2, 0.25) is 0 Å². The van der Waals surface area contributed by atoms with Gasteiger partial charge in [-0.05, 0) is 67.6 Å². The molecule has 4 amide bonds. The van der Waals surface area contributed by atoms with Crippen LogP contribution in [0.5, 0.6) is 0 Å². The largest absolute Gasteiger partial charge is 0.389 e. The van der Waals surface area contributed by atoms with Crippen molar-refractivity contribution < 1.29 is 33.0 Å². The molecular weight excluding hydrogens is 584 g/mol. The number of hydrogen-bond donors (Lipinski definition) is 3. The number of carbonyl (C=O) groups excluding carboxylic acids is 3. The number of benzene rings is 2. The van der Waals surface area contributed by atoms with E-state index in [0.29, 0.717) is 58.0 Å². The third-order valence-electron chi connectivity index (χ3n) is 8.14. The fourth-order valence-corrected chi connectivity index (χ4v) is 5.98. The molecule has 2 aromatic carbocycles. The van der Waals surface area contributed by atoms with Crippen molar-refractivity contribution in [3.05, 3.63) is 70.3 Å². The Balaban J connectivity index is 1.57. The van der Waals surface area contributed by atoms with Crippen LogP contribution in [0.25, 0.3) is 0 Å². The first-order valence-corrected chi connectivity index (χ1v) is 15.8. The number of nitrogens with zero attached hydrogens (tertiary/aromatic N) is 3. The van der Waals surface area contributed by atoms with Gasteiger partial charge in [0.1, 0.15) is 11.6 Å². The molecule has 12 heteroatoms. The molecule has 0 bridgehead atoms. The maximum atomic E-state index is 14.1. The van der Waals surface area contributed by atoms with Gasteiger partial charge in [0.15, 0.2) is 0 Å². The lowest BCUT2D eigenvalue weighted by Gasteiger charge is -2.41. The van der Waals surface area contributed by atoms with Gasteiger partial charge in [0.05, 0.1) is 31.4 Å². The molecule has 0 radical (unpaired) electrons. The van der Waals surface area contributed by atoms with Gasteiger partial charge >= 0.3 is 6.03 Å². The van der Waals surface area contributed by atoms with Crippen LogP contribution in [0.3, 0.4) is 0 Å². The van der Waals surface area contributed by atoms with Gasteiger partial charge in [0.25, 0.3) is 11.8 Å². The van der Waals surface area contributed by atoms with Crippen molar-refractivity contribution in [2.24, 2.45) is 0 Å². The Morgan fingerprint density at radius 2 is 1.62 bits per heavy atom. The molecule has 45 heavy (non-hydrogen) atoms. The average molecular weight is 630 g/mol. The van der Waals surface area contributed by atoms with E-state index in [2.05, 4.69) is 10.6 Å². The first kappa shape index (κ1) is 34.3. The van der Waals surface area contributed by atoms with E-state index in [1.165, 1.54) is 6.07 Å². The van der Waals surface area contributed by atoms with E-state index in [9.17, 15) is 28.3 Å². The van der Waals surface area contributed by atoms with Gasteiger partial charge in [-0.3, -0.25) is 9.59 Å². The summed E-state index contributed by atoms with van der Waals surface area (Å²) in [6.45, 7) is 9.92. The lowest BCUT2D eigenvalue weighted by Crippen LogP contribution is -2.63. The number of aliphatic hydroxyl groups is 1. The van der Waals surface area contributed by atoms with Crippen LogP contribution >= 0.6 is 0 Å². The Morgan fingerprint density at radius 3 is 2.27 bits per heavy atom. The summed E-state index contributed by atoms with van der Waals surface area (Å²) in [6.07, 6.45) is 0.303. The molecule has 2 aliphatic rings. The van der Waals surface area contributed by atoms with Crippen molar-refractivity contribution in [2.75, 3.05) is 59.0 Å². The highest BCUT2D eigenvalue weighted by Gasteiger charge is 2.35. The summed E-state index contributed by atoms with van der Waals surface area (Å²) in [5.41, 5.74) is 1.59. The molecule has 0 aromatic heterocycles. The molecule has 0 spiro atoms. The van der Waals surface area contributed by atoms with Crippen molar-refractivity contribution >= 4 is 17.8 Å². The van der Waals surface area contributed by atoms with Crippen molar-refractivity contribution in [3.63, 3.8) is 0 Å². The molecule has 2 fully saturated rings. The topological polar surface area (TPSA) is 114 Å².